The van der Waals surface area contributed by atoms with Crippen molar-refractivity contribution in [2.45, 2.75) is 0 Å². The Morgan fingerprint density at radius 2 is 1.94 bits per heavy atom. The van der Waals surface area contributed by atoms with Gasteiger partial charge >= 0.3 is 0 Å². The van der Waals surface area contributed by atoms with Gasteiger partial charge in [-0.3, -0.25) is 0 Å². The molecule has 1 aromatic carbocycles. The summed E-state index contributed by atoms with van der Waals surface area (Å²) in [6, 6.07) is 6.23. The molecule has 1 aromatic rings. The van der Waals surface area contributed by atoms with E-state index in [0.29, 0.717) is 0 Å². The molecule has 0 aliphatic carbocycles. The van der Waals surface area contributed by atoms with Gasteiger partial charge < -0.3 is 20.3 Å². The van der Waals surface area contributed by atoms with E-state index in [1.807, 2.05) is 25.1 Å². The number of ether oxygens (including phenoxy) is 1. The maximum atomic E-state index is 6.03. The summed E-state index contributed by atoms with van der Waals surface area (Å²) < 4.78 is 5.33. The largest absolute Gasteiger partial charge is 0.397 e. The number of nitrogen functional groups attached to an aromatic ring is 1. The highest BCUT2D eigenvalue weighted by Gasteiger charge is 2.12. The molecular weight excluding hydrogens is 202 g/mol. The van der Waals surface area contributed by atoms with Gasteiger partial charge in [0.25, 0.3) is 0 Å². The molecule has 0 amide bonds. The third-order valence-electron chi connectivity index (χ3n) is 2.87. The van der Waals surface area contributed by atoms with E-state index in [4.69, 9.17) is 10.5 Å². The molecule has 0 radical (unpaired) electrons. The van der Waals surface area contributed by atoms with Crippen LogP contribution in [0.1, 0.15) is 0 Å². The van der Waals surface area contributed by atoms with Crippen LogP contribution in [0.15, 0.2) is 18.2 Å². The zero-order valence-electron chi connectivity index (χ0n) is 9.94. The molecule has 0 unspecified atom stereocenters. The Kier molecular flexibility index (Phi) is 3.19. The number of nitrogens with two attached hydrogens (primary N) is 1. The highest BCUT2D eigenvalue weighted by molar-refractivity contribution is 5.72. The topological polar surface area (TPSA) is 41.7 Å². The summed E-state index contributed by atoms with van der Waals surface area (Å²) in [7, 11) is 4.00. The maximum absolute atomic E-state index is 6.03. The van der Waals surface area contributed by atoms with Crippen LogP contribution in [0.5, 0.6) is 0 Å². The van der Waals surface area contributed by atoms with Crippen LogP contribution >= 0.6 is 0 Å². The fraction of sp³-hybridized carbons (Fsp3) is 0.500. The van der Waals surface area contributed by atoms with Crippen molar-refractivity contribution < 1.29 is 4.74 Å². The lowest BCUT2D eigenvalue weighted by atomic mass is 10.2. The summed E-state index contributed by atoms with van der Waals surface area (Å²) in [6.07, 6.45) is 0. The zero-order valence-corrected chi connectivity index (χ0v) is 9.94. The molecule has 0 atom stereocenters. The Hall–Kier alpha value is -1.42. The van der Waals surface area contributed by atoms with Crippen molar-refractivity contribution in [3.05, 3.63) is 18.2 Å². The summed E-state index contributed by atoms with van der Waals surface area (Å²) in [5.74, 6) is 0. The van der Waals surface area contributed by atoms with Crippen LogP contribution in [-0.2, 0) is 4.74 Å². The Morgan fingerprint density at radius 3 is 2.50 bits per heavy atom. The quantitative estimate of drug-likeness (QED) is 0.761. The summed E-state index contributed by atoms with van der Waals surface area (Å²) in [5.41, 5.74) is 9.11. The lowest BCUT2D eigenvalue weighted by Crippen LogP contribution is -2.36. The van der Waals surface area contributed by atoms with E-state index in [-0.39, 0.29) is 0 Å². The number of anilines is 3. The predicted octanol–water partition coefficient (Wildman–Crippen LogP) is 1.17. The van der Waals surface area contributed by atoms with Crippen molar-refractivity contribution in [3.63, 3.8) is 0 Å². The van der Waals surface area contributed by atoms with Gasteiger partial charge in [-0.05, 0) is 18.2 Å². The fourth-order valence-corrected chi connectivity index (χ4v) is 1.97. The minimum atomic E-state index is 0.801. The average molecular weight is 221 g/mol. The van der Waals surface area contributed by atoms with Gasteiger partial charge in [0.15, 0.2) is 0 Å². The molecule has 1 fully saturated rings. The molecule has 2 N–H and O–H groups in total. The van der Waals surface area contributed by atoms with E-state index >= 15 is 0 Å². The molecule has 0 bridgehead atoms. The van der Waals surface area contributed by atoms with Crippen molar-refractivity contribution in [2.75, 3.05) is 55.9 Å². The Labute approximate surface area is 96.6 Å². The van der Waals surface area contributed by atoms with Crippen molar-refractivity contribution >= 4 is 17.1 Å². The SMILES string of the molecule is CN(C)c1ccc(N2CCOCC2)cc1N. The van der Waals surface area contributed by atoms with E-state index < -0.39 is 0 Å². The van der Waals surface area contributed by atoms with E-state index in [0.717, 1.165) is 37.7 Å². The van der Waals surface area contributed by atoms with E-state index in [9.17, 15) is 0 Å². The number of morpholine rings is 1. The standard InChI is InChI=1S/C12H19N3O/c1-14(2)12-4-3-10(9-11(12)13)15-5-7-16-8-6-15/h3-4,9H,5-8,13H2,1-2H3. The number of hydrogen-bond acceptors (Lipinski definition) is 4. The number of benzene rings is 1. The third kappa shape index (κ3) is 2.22. The monoisotopic (exact) mass is 221 g/mol. The predicted molar refractivity (Wildman–Crippen MR) is 68.2 cm³/mol. The van der Waals surface area contributed by atoms with Crippen molar-refractivity contribution in [1.29, 1.82) is 0 Å². The lowest BCUT2D eigenvalue weighted by molar-refractivity contribution is 0.122. The number of hydrogen-bond donors (Lipinski definition) is 1. The first-order valence-electron chi connectivity index (χ1n) is 5.58. The first kappa shape index (κ1) is 11.1. The summed E-state index contributed by atoms with van der Waals surface area (Å²) >= 11 is 0. The molecule has 0 aromatic heterocycles. The summed E-state index contributed by atoms with van der Waals surface area (Å²) in [4.78, 5) is 4.33. The Bertz CT molecular complexity index is 359. The van der Waals surface area contributed by atoms with Crippen LogP contribution in [0.25, 0.3) is 0 Å². The maximum Gasteiger partial charge on any atom is 0.0642 e. The molecule has 88 valence electrons. The second-order valence-corrected chi connectivity index (χ2v) is 4.24. The molecule has 1 aliphatic heterocycles. The van der Waals surface area contributed by atoms with Crippen LogP contribution < -0.4 is 15.5 Å². The fourth-order valence-electron chi connectivity index (χ4n) is 1.97. The zero-order chi connectivity index (χ0) is 11.5. The molecule has 0 spiro atoms. The van der Waals surface area contributed by atoms with Crippen LogP contribution in [0.4, 0.5) is 17.1 Å². The normalized spacial score (nSPS) is 16.2. The molecular formula is C12H19N3O. The van der Waals surface area contributed by atoms with Gasteiger partial charge in [0.05, 0.1) is 24.6 Å². The molecule has 16 heavy (non-hydrogen) atoms. The van der Waals surface area contributed by atoms with Crippen LogP contribution in [0, 0.1) is 0 Å². The highest BCUT2D eigenvalue weighted by Crippen LogP contribution is 2.27. The molecule has 1 saturated heterocycles. The molecule has 4 nitrogen and oxygen atoms in total. The lowest BCUT2D eigenvalue weighted by Gasteiger charge is -2.29. The van der Waals surface area contributed by atoms with Gasteiger partial charge in [0, 0.05) is 32.9 Å². The Balaban J connectivity index is 2.19. The van der Waals surface area contributed by atoms with Gasteiger partial charge in [0.2, 0.25) is 0 Å². The van der Waals surface area contributed by atoms with Gasteiger partial charge in [0.1, 0.15) is 0 Å². The van der Waals surface area contributed by atoms with Crippen molar-refractivity contribution in [1.82, 2.24) is 0 Å². The number of nitrogens with zero attached hydrogens (tertiary/aromatic N) is 2. The van der Waals surface area contributed by atoms with Gasteiger partial charge in [-0.1, -0.05) is 0 Å². The van der Waals surface area contributed by atoms with Crippen LogP contribution in [0.2, 0.25) is 0 Å². The molecule has 1 heterocycles. The first-order chi connectivity index (χ1) is 7.68. The van der Waals surface area contributed by atoms with Crippen molar-refractivity contribution in [3.8, 4) is 0 Å². The average Bonchev–Trinajstić information content (AvgIpc) is 2.29. The van der Waals surface area contributed by atoms with Crippen LogP contribution in [-0.4, -0.2) is 40.4 Å². The molecule has 0 saturated carbocycles. The number of rotatable bonds is 2. The first-order valence-corrected chi connectivity index (χ1v) is 5.58. The molecule has 1 aliphatic rings. The van der Waals surface area contributed by atoms with E-state index in [1.54, 1.807) is 0 Å². The molecule has 4 heteroatoms. The Morgan fingerprint density at radius 1 is 1.25 bits per heavy atom. The van der Waals surface area contributed by atoms with Crippen LogP contribution in [0.3, 0.4) is 0 Å². The summed E-state index contributed by atoms with van der Waals surface area (Å²) in [6.45, 7) is 3.49. The summed E-state index contributed by atoms with van der Waals surface area (Å²) in [5, 5.41) is 0. The van der Waals surface area contributed by atoms with Gasteiger partial charge in [-0.25, -0.2) is 0 Å². The minimum Gasteiger partial charge on any atom is -0.397 e. The highest BCUT2D eigenvalue weighted by atomic mass is 16.5. The van der Waals surface area contributed by atoms with Crippen molar-refractivity contribution in [2.24, 2.45) is 0 Å². The molecule has 2 rings (SSSR count). The smallest absolute Gasteiger partial charge is 0.0642 e. The van der Waals surface area contributed by atoms with E-state index in [2.05, 4.69) is 17.0 Å². The minimum absolute atomic E-state index is 0.801. The third-order valence-corrected chi connectivity index (χ3v) is 2.87. The second kappa shape index (κ2) is 4.61. The van der Waals surface area contributed by atoms with Gasteiger partial charge in [-0.2, -0.15) is 0 Å². The van der Waals surface area contributed by atoms with E-state index in [1.165, 1.54) is 5.69 Å². The second-order valence-electron chi connectivity index (χ2n) is 4.24. The van der Waals surface area contributed by atoms with Gasteiger partial charge in [-0.15, -0.1) is 0 Å².